The summed E-state index contributed by atoms with van der Waals surface area (Å²) >= 11 is 1.49. The summed E-state index contributed by atoms with van der Waals surface area (Å²) in [6, 6.07) is 19.6. The maximum Gasteiger partial charge on any atom is 0.279 e. The predicted octanol–water partition coefficient (Wildman–Crippen LogP) is 4.90. The maximum absolute atomic E-state index is 13.0. The van der Waals surface area contributed by atoms with Gasteiger partial charge in [0.2, 0.25) is 10.0 Å². The largest absolute Gasteiger partial charge is 0.317 e. The van der Waals surface area contributed by atoms with Crippen LogP contribution in [0.4, 0.5) is 0 Å². The Bertz CT molecular complexity index is 1520. The minimum atomic E-state index is -3.69. The predicted molar refractivity (Wildman–Crippen MR) is 136 cm³/mol. The molecule has 0 saturated carbocycles. The van der Waals surface area contributed by atoms with Gasteiger partial charge in [-0.1, -0.05) is 47.7 Å². The topological polar surface area (TPSA) is 71.7 Å². The molecule has 0 unspecified atom stereocenters. The van der Waals surface area contributed by atoms with Gasteiger partial charge in [-0.15, -0.1) is 0 Å². The molecular formula is C26H27N3O3S2. The van der Waals surface area contributed by atoms with E-state index in [1.807, 2.05) is 41.8 Å². The number of hydrogen-bond donors (Lipinski definition) is 0. The molecule has 0 atom stereocenters. The molecule has 3 aromatic carbocycles. The number of rotatable bonds is 6. The van der Waals surface area contributed by atoms with Gasteiger partial charge in [0.15, 0.2) is 4.80 Å². The van der Waals surface area contributed by atoms with Crippen molar-refractivity contribution >= 4 is 37.5 Å². The van der Waals surface area contributed by atoms with Gasteiger partial charge in [-0.2, -0.15) is 9.30 Å². The third-order valence-corrected chi connectivity index (χ3v) is 8.73. The number of amides is 1. The van der Waals surface area contributed by atoms with Gasteiger partial charge in [0.25, 0.3) is 5.91 Å². The third-order valence-electron chi connectivity index (χ3n) is 5.69. The third kappa shape index (κ3) is 4.75. The second-order valence-corrected chi connectivity index (χ2v) is 11.3. The van der Waals surface area contributed by atoms with Crippen LogP contribution in [-0.4, -0.2) is 30.2 Å². The van der Waals surface area contributed by atoms with E-state index >= 15 is 0 Å². The first-order chi connectivity index (χ1) is 16.2. The number of sulfonamides is 1. The summed E-state index contributed by atoms with van der Waals surface area (Å²) in [6.07, 6.45) is 0. The van der Waals surface area contributed by atoms with Gasteiger partial charge >= 0.3 is 0 Å². The standard InChI is InChI=1S/C26H27N3O3S2/c1-5-29-23-16-18(2)15-19(3)24(23)33-26(29)27-25(30)21-11-13-22(14-12-21)34(31,32)28(4)17-20-9-7-6-8-10-20/h6-16H,5,17H2,1-4H3. The van der Waals surface area contributed by atoms with Gasteiger partial charge in [-0.3, -0.25) is 4.79 Å². The van der Waals surface area contributed by atoms with Crippen molar-refractivity contribution in [2.24, 2.45) is 4.99 Å². The fraction of sp³-hybridized carbons (Fsp3) is 0.231. The van der Waals surface area contributed by atoms with Gasteiger partial charge < -0.3 is 4.57 Å². The van der Waals surface area contributed by atoms with E-state index in [0.717, 1.165) is 26.9 Å². The average molecular weight is 494 g/mol. The summed E-state index contributed by atoms with van der Waals surface area (Å²) < 4.78 is 30.4. The van der Waals surface area contributed by atoms with E-state index in [4.69, 9.17) is 0 Å². The molecule has 4 rings (SSSR count). The number of nitrogens with zero attached hydrogens (tertiary/aromatic N) is 3. The highest BCUT2D eigenvalue weighted by molar-refractivity contribution is 7.89. The summed E-state index contributed by atoms with van der Waals surface area (Å²) in [5, 5.41) is 0. The summed E-state index contributed by atoms with van der Waals surface area (Å²) in [6.45, 7) is 7.10. The fourth-order valence-corrected chi connectivity index (χ4v) is 6.23. The Morgan fingerprint density at radius 3 is 2.35 bits per heavy atom. The zero-order chi connectivity index (χ0) is 24.5. The Hall–Kier alpha value is -3.07. The van der Waals surface area contributed by atoms with Crippen LogP contribution in [0.3, 0.4) is 0 Å². The first kappa shape index (κ1) is 24.1. The molecule has 1 amide bonds. The van der Waals surface area contributed by atoms with Gasteiger partial charge in [0.05, 0.1) is 15.1 Å². The molecule has 0 N–H and O–H groups in total. The van der Waals surface area contributed by atoms with Crippen molar-refractivity contribution in [1.29, 1.82) is 0 Å². The van der Waals surface area contributed by atoms with Gasteiger partial charge in [0.1, 0.15) is 0 Å². The van der Waals surface area contributed by atoms with Crippen molar-refractivity contribution in [3.8, 4) is 0 Å². The lowest BCUT2D eigenvalue weighted by Gasteiger charge is -2.17. The highest BCUT2D eigenvalue weighted by Crippen LogP contribution is 2.24. The summed E-state index contributed by atoms with van der Waals surface area (Å²) in [4.78, 5) is 18.1. The zero-order valence-corrected chi connectivity index (χ0v) is 21.3. The van der Waals surface area contributed by atoms with E-state index < -0.39 is 15.9 Å². The van der Waals surface area contributed by atoms with Gasteiger partial charge in [-0.25, -0.2) is 8.42 Å². The number of carbonyl (C=O) groups is 1. The van der Waals surface area contributed by atoms with Crippen molar-refractivity contribution in [1.82, 2.24) is 8.87 Å². The molecule has 176 valence electrons. The Labute approximate surface area is 203 Å². The molecule has 0 fully saturated rings. The second-order valence-electron chi connectivity index (χ2n) is 8.25. The summed E-state index contributed by atoms with van der Waals surface area (Å²) in [7, 11) is -2.14. The molecule has 8 heteroatoms. The maximum atomic E-state index is 13.0. The molecule has 0 spiro atoms. The van der Waals surface area contributed by atoms with Crippen LogP contribution in [0, 0.1) is 13.8 Å². The molecule has 1 aromatic heterocycles. The summed E-state index contributed by atoms with van der Waals surface area (Å²) in [5.41, 5.74) is 4.64. The molecule has 0 aliphatic heterocycles. The smallest absolute Gasteiger partial charge is 0.279 e. The van der Waals surface area contributed by atoms with E-state index in [-0.39, 0.29) is 11.4 Å². The van der Waals surface area contributed by atoms with Gasteiger partial charge in [0, 0.05) is 25.7 Å². The van der Waals surface area contributed by atoms with Crippen molar-refractivity contribution in [2.45, 2.75) is 38.8 Å². The van der Waals surface area contributed by atoms with Crippen LogP contribution >= 0.6 is 11.3 Å². The molecule has 0 aliphatic rings. The first-order valence-electron chi connectivity index (χ1n) is 11.0. The number of benzene rings is 3. The molecule has 4 aromatic rings. The number of hydrogen-bond acceptors (Lipinski definition) is 4. The number of aryl methyl sites for hydroxylation is 3. The molecule has 0 aliphatic carbocycles. The van der Waals surface area contributed by atoms with Crippen LogP contribution in [0.15, 0.2) is 76.6 Å². The summed E-state index contributed by atoms with van der Waals surface area (Å²) in [5.74, 6) is -0.398. The van der Waals surface area contributed by atoms with Crippen molar-refractivity contribution in [3.63, 3.8) is 0 Å². The average Bonchev–Trinajstić information content (AvgIpc) is 3.16. The van der Waals surface area contributed by atoms with Crippen LogP contribution in [-0.2, 0) is 23.1 Å². The lowest BCUT2D eigenvalue weighted by atomic mass is 10.1. The minimum absolute atomic E-state index is 0.138. The van der Waals surface area contributed by atoms with E-state index in [1.165, 1.54) is 39.9 Å². The van der Waals surface area contributed by atoms with Crippen LogP contribution in [0.25, 0.3) is 10.2 Å². The fourth-order valence-electron chi connectivity index (χ4n) is 3.93. The molecule has 0 saturated heterocycles. The normalized spacial score (nSPS) is 12.6. The molecule has 0 radical (unpaired) electrons. The van der Waals surface area contributed by atoms with Crippen molar-refractivity contribution < 1.29 is 13.2 Å². The second kappa shape index (κ2) is 9.66. The number of thiazole rings is 1. The van der Waals surface area contributed by atoms with Crippen molar-refractivity contribution in [2.75, 3.05) is 7.05 Å². The van der Waals surface area contributed by atoms with E-state index in [0.29, 0.717) is 16.9 Å². The van der Waals surface area contributed by atoms with Crippen LogP contribution in [0.5, 0.6) is 0 Å². The number of fused-ring (bicyclic) bond motifs is 1. The van der Waals surface area contributed by atoms with Crippen LogP contribution < -0.4 is 4.80 Å². The molecular weight excluding hydrogens is 466 g/mol. The Kier molecular flexibility index (Phi) is 6.84. The Morgan fingerprint density at radius 2 is 1.71 bits per heavy atom. The number of aromatic nitrogens is 1. The molecule has 34 heavy (non-hydrogen) atoms. The lowest BCUT2D eigenvalue weighted by Crippen LogP contribution is -2.26. The molecule has 1 heterocycles. The SMILES string of the molecule is CCn1c(=NC(=O)c2ccc(S(=O)(=O)N(C)Cc3ccccc3)cc2)sc2c(C)cc(C)cc21. The van der Waals surface area contributed by atoms with Crippen LogP contribution in [0.2, 0.25) is 0 Å². The zero-order valence-electron chi connectivity index (χ0n) is 19.6. The molecule has 6 nitrogen and oxygen atoms in total. The van der Waals surface area contributed by atoms with Gasteiger partial charge in [-0.05, 0) is 67.8 Å². The Balaban J connectivity index is 1.62. The first-order valence-corrected chi connectivity index (χ1v) is 13.3. The highest BCUT2D eigenvalue weighted by Gasteiger charge is 2.21. The van der Waals surface area contributed by atoms with E-state index in [2.05, 4.69) is 31.0 Å². The highest BCUT2D eigenvalue weighted by atomic mass is 32.2. The monoisotopic (exact) mass is 493 g/mol. The van der Waals surface area contributed by atoms with Crippen molar-refractivity contribution in [3.05, 3.63) is 93.8 Å². The minimum Gasteiger partial charge on any atom is -0.317 e. The van der Waals surface area contributed by atoms with E-state index in [1.54, 1.807) is 7.05 Å². The van der Waals surface area contributed by atoms with E-state index in [9.17, 15) is 13.2 Å². The quantitative estimate of drug-likeness (QED) is 0.383. The van der Waals surface area contributed by atoms with Crippen LogP contribution in [0.1, 0.15) is 34.0 Å². The lowest BCUT2D eigenvalue weighted by molar-refractivity contribution is 0.0997. The molecule has 0 bridgehead atoms. The number of carbonyl (C=O) groups excluding carboxylic acids is 1. The Morgan fingerprint density at radius 1 is 1.03 bits per heavy atom.